The van der Waals surface area contributed by atoms with Crippen LogP contribution in [0.15, 0.2) is 42.6 Å². The van der Waals surface area contributed by atoms with E-state index in [4.69, 9.17) is 4.74 Å². The van der Waals surface area contributed by atoms with Crippen LogP contribution in [0.4, 0.5) is 0 Å². The first-order chi connectivity index (χ1) is 8.76. The molecule has 0 atom stereocenters. The van der Waals surface area contributed by atoms with Crippen LogP contribution < -0.4 is 0 Å². The van der Waals surface area contributed by atoms with Crippen LogP contribution >= 0.6 is 0 Å². The zero-order chi connectivity index (χ0) is 13.2. The summed E-state index contributed by atoms with van der Waals surface area (Å²) in [5.74, 6) is -0.302. The Morgan fingerprint density at radius 2 is 2.06 bits per heavy atom. The van der Waals surface area contributed by atoms with E-state index in [1.165, 1.54) is 6.08 Å². The summed E-state index contributed by atoms with van der Waals surface area (Å²) < 4.78 is 4.89. The molecule has 0 amide bonds. The van der Waals surface area contributed by atoms with Crippen LogP contribution in [0.1, 0.15) is 12.5 Å². The maximum Gasteiger partial charge on any atom is 0.325 e. The van der Waals surface area contributed by atoms with Gasteiger partial charge in [-0.15, -0.1) is 0 Å². The van der Waals surface area contributed by atoms with Crippen molar-refractivity contribution in [2.24, 2.45) is 0 Å². The van der Waals surface area contributed by atoms with E-state index in [1.54, 1.807) is 18.0 Å². The van der Waals surface area contributed by atoms with Gasteiger partial charge >= 0.3 is 5.97 Å². The summed E-state index contributed by atoms with van der Waals surface area (Å²) in [5, 5.41) is 0. The molecule has 0 N–H and O–H groups in total. The molecule has 4 heteroatoms. The van der Waals surface area contributed by atoms with E-state index in [2.05, 4.69) is 0 Å². The number of ether oxygens (including phenoxy) is 1. The molecular weight excluding hydrogens is 230 g/mol. The lowest BCUT2D eigenvalue weighted by Gasteiger charge is -2.19. The van der Waals surface area contributed by atoms with Crippen LogP contribution in [0.3, 0.4) is 0 Å². The van der Waals surface area contributed by atoms with Gasteiger partial charge < -0.3 is 9.64 Å². The van der Waals surface area contributed by atoms with Crippen molar-refractivity contribution in [1.82, 2.24) is 4.90 Å². The molecule has 0 heterocycles. The number of hydrogen-bond donors (Lipinski definition) is 0. The van der Waals surface area contributed by atoms with E-state index in [1.807, 2.05) is 30.3 Å². The molecule has 1 aromatic rings. The molecule has 0 radical (unpaired) electrons. The lowest BCUT2D eigenvalue weighted by Crippen LogP contribution is -2.26. The monoisotopic (exact) mass is 247 g/mol. The molecule has 0 saturated carbocycles. The minimum atomic E-state index is -0.302. The molecule has 0 aromatic heterocycles. The van der Waals surface area contributed by atoms with Crippen molar-refractivity contribution < 1.29 is 14.3 Å². The Bertz CT molecular complexity index is 401. The molecule has 0 bridgehead atoms. The number of esters is 1. The quantitative estimate of drug-likeness (QED) is 0.418. The Hall–Kier alpha value is -2.10. The average Bonchev–Trinajstić information content (AvgIpc) is 2.37. The van der Waals surface area contributed by atoms with E-state index >= 15 is 0 Å². The number of rotatable bonds is 7. The predicted octanol–water partition coefficient (Wildman–Crippen LogP) is 1.76. The number of aldehydes is 1. The first kappa shape index (κ1) is 14.0. The normalized spacial score (nSPS) is 10.3. The fourth-order valence-electron chi connectivity index (χ4n) is 1.51. The molecule has 0 fully saturated rings. The second-order valence-corrected chi connectivity index (χ2v) is 3.67. The minimum absolute atomic E-state index is 0.132. The standard InChI is InChI=1S/C14H17NO3/c1-2-18-14(17)12-15(9-6-10-16)11-13-7-4-3-5-8-13/h3-10H,2,11-12H2,1H3/b9-6+. The third-order valence-corrected chi connectivity index (χ3v) is 2.24. The number of carbonyl (C=O) groups is 2. The van der Waals surface area contributed by atoms with E-state index < -0.39 is 0 Å². The Labute approximate surface area is 107 Å². The molecule has 1 rings (SSSR count). The zero-order valence-corrected chi connectivity index (χ0v) is 10.4. The van der Waals surface area contributed by atoms with Gasteiger partial charge in [0.25, 0.3) is 0 Å². The lowest BCUT2D eigenvalue weighted by molar-refractivity contribution is -0.143. The summed E-state index contributed by atoms with van der Waals surface area (Å²) in [6, 6.07) is 9.73. The van der Waals surface area contributed by atoms with Gasteiger partial charge in [-0.3, -0.25) is 9.59 Å². The maximum atomic E-state index is 11.4. The molecule has 4 nitrogen and oxygen atoms in total. The minimum Gasteiger partial charge on any atom is -0.465 e. The van der Waals surface area contributed by atoms with Gasteiger partial charge in [-0.1, -0.05) is 30.3 Å². The van der Waals surface area contributed by atoms with Gasteiger partial charge in [-0.25, -0.2) is 0 Å². The third-order valence-electron chi connectivity index (χ3n) is 2.24. The zero-order valence-electron chi connectivity index (χ0n) is 10.4. The molecule has 18 heavy (non-hydrogen) atoms. The second-order valence-electron chi connectivity index (χ2n) is 3.67. The van der Waals surface area contributed by atoms with Gasteiger partial charge in [-0.2, -0.15) is 0 Å². The van der Waals surface area contributed by atoms with Crippen molar-refractivity contribution in [3.05, 3.63) is 48.2 Å². The van der Waals surface area contributed by atoms with Crippen LogP contribution in [-0.4, -0.2) is 30.3 Å². The first-order valence-corrected chi connectivity index (χ1v) is 5.81. The van der Waals surface area contributed by atoms with Gasteiger partial charge in [-0.05, 0) is 18.6 Å². The highest BCUT2D eigenvalue weighted by Gasteiger charge is 2.08. The molecule has 96 valence electrons. The number of benzene rings is 1. The highest BCUT2D eigenvalue weighted by Crippen LogP contribution is 2.05. The number of carbonyl (C=O) groups excluding carboxylic acids is 2. The molecule has 0 aliphatic carbocycles. The summed E-state index contributed by atoms with van der Waals surface area (Å²) in [6.45, 7) is 2.81. The molecule has 0 aliphatic heterocycles. The summed E-state index contributed by atoms with van der Waals surface area (Å²) >= 11 is 0. The third kappa shape index (κ3) is 5.30. The summed E-state index contributed by atoms with van der Waals surface area (Å²) in [6.07, 6.45) is 3.64. The topological polar surface area (TPSA) is 46.6 Å². The van der Waals surface area contributed by atoms with Crippen molar-refractivity contribution in [3.63, 3.8) is 0 Å². The van der Waals surface area contributed by atoms with Crippen molar-refractivity contribution in [2.75, 3.05) is 13.2 Å². The van der Waals surface area contributed by atoms with Gasteiger partial charge in [0.1, 0.15) is 12.8 Å². The van der Waals surface area contributed by atoms with E-state index in [-0.39, 0.29) is 12.5 Å². The first-order valence-electron chi connectivity index (χ1n) is 5.81. The predicted molar refractivity (Wildman–Crippen MR) is 68.7 cm³/mol. The molecule has 0 aliphatic rings. The van der Waals surface area contributed by atoms with Crippen molar-refractivity contribution in [3.8, 4) is 0 Å². The van der Waals surface area contributed by atoms with Crippen LogP contribution in [0.25, 0.3) is 0 Å². The number of hydrogen-bond acceptors (Lipinski definition) is 4. The van der Waals surface area contributed by atoms with Crippen LogP contribution in [0.2, 0.25) is 0 Å². The highest BCUT2D eigenvalue weighted by atomic mass is 16.5. The Balaban J connectivity index is 2.63. The van der Waals surface area contributed by atoms with E-state index in [0.717, 1.165) is 5.56 Å². The van der Waals surface area contributed by atoms with E-state index in [0.29, 0.717) is 19.4 Å². The van der Waals surface area contributed by atoms with Gasteiger partial charge in [0.15, 0.2) is 0 Å². The van der Waals surface area contributed by atoms with Crippen molar-refractivity contribution >= 4 is 12.3 Å². The van der Waals surface area contributed by atoms with E-state index in [9.17, 15) is 9.59 Å². The largest absolute Gasteiger partial charge is 0.465 e. The van der Waals surface area contributed by atoms with Crippen LogP contribution in [0, 0.1) is 0 Å². The summed E-state index contributed by atoms with van der Waals surface area (Å²) in [5.41, 5.74) is 1.07. The summed E-state index contributed by atoms with van der Waals surface area (Å²) in [7, 11) is 0. The smallest absolute Gasteiger partial charge is 0.325 e. The second kappa shape index (κ2) is 8.06. The fraction of sp³-hybridized carbons (Fsp3) is 0.286. The number of nitrogens with zero attached hydrogens (tertiary/aromatic N) is 1. The average molecular weight is 247 g/mol. The van der Waals surface area contributed by atoms with Crippen LogP contribution in [0.5, 0.6) is 0 Å². The molecule has 0 unspecified atom stereocenters. The Kier molecular flexibility index (Phi) is 6.25. The van der Waals surface area contributed by atoms with Gasteiger partial charge in [0.2, 0.25) is 0 Å². The lowest BCUT2D eigenvalue weighted by atomic mass is 10.2. The Morgan fingerprint density at radius 1 is 1.33 bits per heavy atom. The molecule has 0 saturated heterocycles. The van der Waals surface area contributed by atoms with Crippen molar-refractivity contribution in [2.45, 2.75) is 13.5 Å². The molecule has 0 spiro atoms. The van der Waals surface area contributed by atoms with Crippen LogP contribution in [-0.2, 0) is 20.9 Å². The summed E-state index contributed by atoms with van der Waals surface area (Å²) in [4.78, 5) is 23.5. The van der Waals surface area contributed by atoms with Gasteiger partial charge in [0.05, 0.1) is 6.61 Å². The number of allylic oxidation sites excluding steroid dienone is 1. The maximum absolute atomic E-state index is 11.4. The molecular formula is C14H17NO3. The SMILES string of the molecule is CCOC(=O)CN(/C=C/C=O)Cc1ccccc1. The highest BCUT2D eigenvalue weighted by molar-refractivity contribution is 5.72. The Morgan fingerprint density at radius 3 is 2.67 bits per heavy atom. The molecule has 1 aromatic carbocycles. The van der Waals surface area contributed by atoms with Crippen molar-refractivity contribution in [1.29, 1.82) is 0 Å². The fourth-order valence-corrected chi connectivity index (χ4v) is 1.51. The van der Waals surface area contributed by atoms with Gasteiger partial charge in [0, 0.05) is 12.7 Å².